The monoisotopic (exact) mass is 222 g/mol. The number of carbonyl (C=O) groups is 2. The highest BCUT2D eigenvalue weighted by atomic mass is 17.3. The average Bonchev–Trinajstić information content (AvgIpc) is 2.21. The number of carbonyl (C=O) groups excluding carboxylic acids is 2. The van der Waals surface area contributed by atoms with Gasteiger partial charge in [0.15, 0.2) is 6.10 Å². The third-order valence-corrected chi connectivity index (χ3v) is 1.76. The molecule has 15 heavy (non-hydrogen) atoms. The normalized spacial score (nSPS) is 28.7. The minimum atomic E-state index is -2.38. The number of esters is 1. The lowest BCUT2D eigenvalue weighted by atomic mass is 10.0. The van der Waals surface area contributed by atoms with E-state index < -0.39 is 36.5 Å². The number of aliphatic hydroxyl groups excluding tert-OH is 3. The van der Waals surface area contributed by atoms with Gasteiger partial charge < -0.3 is 20.1 Å². The third-order valence-electron chi connectivity index (χ3n) is 1.76. The van der Waals surface area contributed by atoms with E-state index in [1.807, 2.05) is 0 Å². The van der Waals surface area contributed by atoms with Crippen molar-refractivity contribution in [3.05, 3.63) is 0 Å². The Hall–Kier alpha value is -1.22. The van der Waals surface area contributed by atoms with Gasteiger partial charge in [-0.3, -0.25) is 9.68 Å². The van der Waals surface area contributed by atoms with Gasteiger partial charge in [-0.1, -0.05) is 0 Å². The maximum Gasteiger partial charge on any atom is 0.420 e. The zero-order valence-electron chi connectivity index (χ0n) is 7.74. The molecule has 1 saturated heterocycles. The Morgan fingerprint density at radius 1 is 1.60 bits per heavy atom. The van der Waals surface area contributed by atoms with Gasteiger partial charge in [-0.2, -0.15) is 0 Å². The van der Waals surface area contributed by atoms with E-state index in [2.05, 4.69) is 14.5 Å². The first-order valence-corrected chi connectivity index (χ1v) is 4.00. The van der Waals surface area contributed by atoms with Crippen LogP contribution in [-0.4, -0.2) is 51.9 Å². The lowest BCUT2D eigenvalue weighted by Gasteiger charge is -2.39. The molecule has 8 nitrogen and oxygen atoms in total. The Morgan fingerprint density at radius 2 is 2.20 bits per heavy atom. The van der Waals surface area contributed by atoms with Crippen LogP contribution in [0.1, 0.15) is 6.92 Å². The van der Waals surface area contributed by atoms with Gasteiger partial charge in [0.05, 0.1) is 6.61 Å². The van der Waals surface area contributed by atoms with Crippen molar-refractivity contribution in [3.8, 4) is 0 Å². The third kappa shape index (κ3) is 1.92. The van der Waals surface area contributed by atoms with Crippen LogP contribution in [0.15, 0.2) is 0 Å². The maximum atomic E-state index is 11.0. The van der Waals surface area contributed by atoms with Gasteiger partial charge in [0.1, 0.15) is 6.10 Å². The van der Waals surface area contributed by atoms with Crippen molar-refractivity contribution in [1.29, 1.82) is 0 Å². The summed E-state index contributed by atoms with van der Waals surface area (Å²) in [5, 5.41) is 27.0. The molecule has 0 amide bonds. The minimum Gasteiger partial charge on any atom is -0.416 e. The maximum absolute atomic E-state index is 11.0. The molecule has 86 valence electrons. The smallest absolute Gasteiger partial charge is 0.416 e. The Labute approximate surface area is 83.9 Å². The first kappa shape index (κ1) is 11.9. The minimum absolute atomic E-state index is 0.833. The van der Waals surface area contributed by atoms with Gasteiger partial charge in [-0.25, -0.2) is 4.79 Å². The lowest BCUT2D eigenvalue weighted by Crippen LogP contribution is -2.66. The molecule has 1 heterocycles. The number of aliphatic hydroxyl groups is 3. The average molecular weight is 222 g/mol. The van der Waals surface area contributed by atoms with Gasteiger partial charge in [-0.15, -0.1) is 4.89 Å². The standard InChI is InChI=1S/C7H10O8/c1-3(9)13-7(6(12)14-15-7)5(11)4(10)2-8/h4-5,8,10-11H,2H2,1H3/t4-,5-,7+/m1/s1. The summed E-state index contributed by atoms with van der Waals surface area (Å²) in [6, 6.07) is 0. The van der Waals surface area contributed by atoms with E-state index in [0.717, 1.165) is 6.92 Å². The molecule has 0 radical (unpaired) electrons. The summed E-state index contributed by atoms with van der Waals surface area (Å²) in [6.07, 6.45) is -3.62. The van der Waals surface area contributed by atoms with E-state index >= 15 is 0 Å². The second-order valence-corrected chi connectivity index (χ2v) is 2.91. The van der Waals surface area contributed by atoms with Crippen LogP contribution < -0.4 is 0 Å². The van der Waals surface area contributed by atoms with E-state index in [-0.39, 0.29) is 0 Å². The second-order valence-electron chi connectivity index (χ2n) is 2.91. The fourth-order valence-electron chi connectivity index (χ4n) is 1.01. The van der Waals surface area contributed by atoms with Crippen LogP contribution in [0.25, 0.3) is 0 Å². The number of ether oxygens (including phenoxy) is 1. The van der Waals surface area contributed by atoms with Crippen molar-refractivity contribution in [3.63, 3.8) is 0 Å². The van der Waals surface area contributed by atoms with Crippen molar-refractivity contribution in [2.24, 2.45) is 0 Å². The largest absolute Gasteiger partial charge is 0.420 e. The van der Waals surface area contributed by atoms with Crippen LogP contribution >= 0.6 is 0 Å². The van der Waals surface area contributed by atoms with Gasteiger partial charge >= 0.3 is 17.7 Å². The van der Waals surface area contributed by atoms with Crippen molar-refractivity contribution < 1.29 is 39.4 Å². The van der Waals surface area contributed by atoms with Crippen molar-refractivity contribution in [2.45, 2.75) is 24.9 Å². The Balaban J connectivity index is 2.82. The first-order chi connectivity index (χ1) is 6.94. The molecule has 0 aromatic heterocycles. The van der Waals surface area contributed by atoms with Crippen molar-refractivity contribution >= 4 is 11.9 Å². The molecule has 1 aliphatic heterocycles. The molecule has 0 aromatic carbocycles. The van der Waals surface area contributed by atoms with Crippen LogP contribution in [0.5, 0.6) is 0 Å². The molecule has 0 spiro atoms. The number of hydrogen-bond donors (Lipinski definition) is 3. The molecule has 1 aliphatic rings. The molecule has 1 fully saturated rings. The van der Waals surface area contributed by atoms with Gasteiger partial charge in [-0.05, 0) is 0 Å². The van der Waals surface area contributed by atoms with E-state index in [0.29, 0.717) is 0 Å². The fourth-order valence-corrected chi connectivity index (χ4v) is 1.01. The summed E-state index contributed by atoms with van der Waals surface area (Å²) in [5.74, 6) is -4.44. The molecule has 0 unspecified atom stereocenters. The van der Waals surface area contributed by atoms with Crippen LogP contribution in [0.2, 0.25) is 0 Å². The molecule has 3 N–H and O–H groups in total. The van der Waals surface area contributed by atoms with Gasteiger partial charge in [0, 0.05) is 6.92 Å². The molecular formula is C7H10O8. The molecule has 3 atom stereocenters. The topological polar surface area (TPSA) is 123 Å². The summed E-state index contributed by atoms with van der Waals surface area (Å²) in [5.41, 5.74) is 0. The summed E-state index contributed by atoms with van der Waals surface area (Å²) < 4.78 is 4.41. The summed E-state index contributed by atoms with van der Waals surface area (Å²) in [4.78, 5) is 29.7. The Kier molecular flexibility index (Phi) is 3.25. The van der Waals surface area contributed by atoms with Crippen LogP contribution in [-0.2, 0) is 24.1 Å². The van der Waals surface area contributed by atoms with Gasteiger partial charge in [0.2, 0.25) is 0 Å². The molecule has 0 saturated carbocycles. The fraction of sp³-hybridized carbons (Fsp3) is 0.714. The Bertz CT molecular complexity index is 276. The molecular weight excluding hydrogens is 212 g/mol. The SMILES string of the molecule is CC(=O)O[C@@]1([C@H](O)[C@H](O)CO)OOC1=O. The predicted octanol–water partition coefficient (Wildman–Crippen LogP) is -2.55. The van der Waals surface area contributed by atoms with Crippen molar-refractivity contribution in [2.75, 3.05) is 6.61 Å². The van der Waals surface area contributed by atoms with Crippen LogP contribution in [0.4, 0.5) is 0 Å². The summed E-state index contributed by atoms with van der Waals surface area (Å²) in [7, 11) is 0. The zero-order valence-corrected chi connectivity index (χ0v) is 7.74. The molecule has 0 bridgehead atoms. The number of rotatable bonds is 4. The summed E-state index contributed by atoms with van der Waals surface area (Å²) >= 11 is 0. The predicted molar refractivity (Wildman–Crippen MR) is 40.8 cm³/mol. The van der Waals surface area contributed by atoms with E-state index in [1.165, 1.54) is 0 Å². The quantitative estimate of drug-likeness (QED) is 0.351. The van der Waals surface area contributed by atoms with E-state index in [1.54, 1.807) is 0 Å². The van der Waals surface area contributed by atoms with Crippen molar-refractivity contribution in [1.82, 2.24) is 0 Å². The highest BCUT2D eigenvalue weighted by molar-refractivity contribution is 5.84. The zero-order chi connectivity index (χ0) is 11.6. The molecule has 0 aliphatic carbocycles. The van der Waals surface area contributed by atoms with E-state index in [9.17, 15) is 14.7 Å². The Morgan fingerprint density at radius 3 is 2.47 bits per heavy atom. The van der Waals surface area contributed by atoms with Gasteiger partial charge in [0.25, 0.3) is 0 Å². The summed E-state index contributed by atoms with van der Waals surface area (Å²) in [6.45, 7) is 0.148. The van der Waals surface area contributed by atoms with Crippen LogP contribution in [0, 0.1) is 0 Å². The van der Waals surface area contributed by atoms with Crippen LogP contribution in [0.3, 0.4) is 0 Å². The molecule has 8 heteroatoms. The number of hydrogen-bond acceptors (Lipinski definition) is 8. The lowest BCUT2D eigenvalue weighted by molar-refractivity contribution is -0.477. The second kappa shape index (κ2) is 4.11. The first-order valence-electron chi connectivity index (χ1n) is 4.00. The highest BCUT2D eigenvalue weighted by Crippen LogP contribution is 2.31. The highest BCUT2D eigenvalue weighted by Gasteiger charge is 2.64. The van der Waals surface area contributed by atoms with E-state index in [4.69, 9.17) is 10.2 Å². The molecule has 1 rings (SSSR count). The molecule has 0 aromatic rings.